The van der Waals surface area contributed by atoms with Crippen molar-refractivity contribution >= 4 is 5.97 Å². The molecule has 1 aromatic rings. The Kier molecular flexibility index (Phi) is 5.70. The summed E-state index contributed by atoms with van der Waals surface area (Å²) in [6.45, 7) is 4.57. The van der Waals surface area contributed by atoms with Crippen LogP contribution in [-0.4, -0.2) is 23.8 Å². The van der Waals surface area contributed by atoms with Gasteiger partial charge in [0.25, 0.3) is 0 Å². The third-order valence-electron chi connectivity index (χ3n) is 2.60. The topological polar surface area (TPSA) is 46.5 Å². The second kappa shape index (κ2) is 7.07. The van der Waals surface area contributed by atoms with E-state index in [1.165, 1.54) is 0 Å². The fraction of sp³-hybridized carbons (Fsp3) is 0.500. The van der Waals surface area contributed by atoms with Crippen molar-refractivity contribution in [3.8, 4) is 0 Å². The molecule has 1 aromatic carbocycles. The summed E-state index contributed by atoms with van der Waals surface area (Å²) in [6, 6.07) is 7.87. The molecule has 0 unspecified atom stereocenters. The normalized spacial score (nSPS) is 12.4. The third kappa shape index (κ3) is 5.00. The molecule has 17 heavy (non-hydrogen) atoms. The van der Waals surface area contributed by atoms with Crippen LogP contribution in [-0.2, 0) is 16.0 Å². The highest BCUT2D eigenvalue weighted by atomic mass is 16.5. The van der Waals surface area contributed by atoms with Crippen molar-refractivity contribution in [2.75, 3.05) is 6.61 Å². The lowest BCUT2D eigenvalue weighted by molar-refractivity contribution is -0.150. The molecule has 0 saturated heterocycles. The van der Waals surface area contributed by atoms with Gasteiger partial charge in [0, 0.05) is 13.0 Å². The van der Waals surface area contributed by atoms with Gasteiger partial charge in [-0.3, -0.25) is 0 Å². The quantitative estimate of drug-likeness (QED) is 0.740. The zero-order valence-electron chi connectivity index (χ0n) is 10.5. The summed E-state index contributed by atoms with van der Waals surface area (Å²) in [4.78, 5) is 11.1. The lowest BCUT2D eigenvalue weighted by atomic mass is 10.1. The lowest BCUT2D eigenvalue weighted by Crippen LogP contribution is -2.26. The van der Waals surface area contributed by atoms with Gasteiger partial charge in [0.15, 0.2) is 6.10 Å². The van der Waals surface area contributed by atoms with Crippen molar-refractivity contribution in [2.24, 2.45) is 0 Å². The monoisotopic (exact) mass is 236 g/mol. The molecule has 0 fully saturated rings. The highest BCUT2D eigenvalue weighted by Crippen LogP contribution is 2.09. The minimum absolute atomic E-state index is 0.431. The van der Waals surface area contributed by atoms with Crippen molar-refractivity contribution < 1.29 is 14.6 Å². The molecule has 0 saturated carbocycles. The highest BCUT2D eigenvalue weighted by molar-refractivity contribution is 5.72. The van der Waals surface area contributed by atoms with E-state index >= 15 is 0 Å². The van der Waals surface area contributed by atoms with Gasteiger partial charge < -0.3 is 9.84 Å². The fourth-order valence-corrected chi connectivity index (χ4v) is 1.64. The number of aliphatic carboxylic acids is 1. The van der Waals surface area contributed by atoms with Crippen molar-refractivity contribution in [1.82, 2.24) is 0 Å². The predicted octanol–water partition coefficient (Wildman–Crippen LogP) is 2.81. The molecule has 0 bridgehead atoms. The number of aryl methyl sites for hydroxylation is 1. The van der Waals surface area contributed by atoms with E-state index in [2.05, 4.69) is 6.92 Å². The molecule has 0 aliphatic heterocycles. The first kappa shape index (κ1) is 13.7. The van der Waals surface area contributed by atoms with E-state index in [-0.39, 0.29) is 0 Å². The van der Waals surface area contributed by atoms with Gasteiger partial charge in [-0.15, -0.1) is 0 Å². The molecule has 1 rings (SSSR count). The first-order valence-corrected chi connectivity index (χ1v) is 6.03. The Labute approximate surface area is 102 Å². The number of rotatable bonds is 7. The number of carboxylic acid groups (broad SMARTS) is 1. The molecule has 0 heterocycles. The fourth-order valence-electron chi connectivity index (χ4n) is 1.64. The summed E-state index contributed by atoms with van der Waals surface area (Å²) >= 11 is 0. The SMILES string of the molecule is CCCCO[C@H](Cc1cccc(C)c1)C(=O)O. The Balaban J connectivity index is 2.57. The molecule has 1 atom stereocenters. The number of carbonyl (C=O) groups is 1. The average molecular weight is 236 g/mol. The number of benzene rings is 1. The van der Waals surface area contributed by atoms with Crippen LogP contribution >= 0.6 is 0 Å². The van der Waals surface area contributed by atoms with Crippen LogP contribution in [0.25, 0.3) is 0 Å². The van der Waals surface area contributed by atoms with Crippen LogP contribution in [0, 0.1) is 6.92 Å². The van der Waals surface area contributed by atoms with Gasteiger partial charge >= 0.3 is 5.97 Å². The van der Waals surface area contributed by atoms with Crippen LogP contribution in [0.4, 0.5) is 0 Å². The van der Waals surface area contributed by atoms with E-state index < -0.39 is 12.1 Å². The van der Waals surface area contributed by atoms with Crippen molar-refractivity contribution in [1.29, 1.82) is 0 Å². The second-order valence-electron chi connectivity index (χ2n) is 4.24. The molecule has 0 aromatic heterocycles. The molecule has 0 spiro atoms. The van der Waals surface area contributed by atoms with Crippen LogP contribution in [0.3, 0.4) is 0 Å². The summed E-state index contributed by atoms with van der Waals surface area (Å²) in [5.74, 6) is -0.886. The number of carboxylic acids is 1. The maximum atomic E-state index is 11.1. The molecule has 94 valence electrons. The highest BCUT2D eigenvalue weighted by Gasteiger charge is 2.18. The van der Waals surface area contributed by atoms with Crippen LogP contribution in [0.1, 0.15) is 30.9 Å². The van der Waals surface area contributed by atoms with E-state index in [1.54, 1.807) is 0 Å². The van der Waals surface area contributed by atoms with E-state index in [0.717, 1.165) is 24.0 Å². The van der Waals surface area contributed by atoms with Gasteiger partial charge in [0.1, 0.15) is 0 Å². The number of hydrogen-bond donors (Lipinski definition) is 1. The van der Waals surface area contributed by atoms with E-state index in [4.69, 9.17) is 9.84 Å². The van der Waals surface area contributed by atoms with Gasteiger partial charge in [0.2, 0.25) is 0 Å². The number of unbranched alkanes of at least 4 members (excludes halogenated alkanes) is 1. The lowest BCUT2D eigenvalue weighted by Gasteiger charge is -2.13. The van der Waals surface area contributed by atoms with E-state index in [9.17, 15) is 4.79 Å². The van der Waals surface area contributed by atoms with Gasteiger partial charge in [-0.05, 0) is 18.9 Å². The predicted molar refractivity (Wildman–Crippen MR) is 67.2 cm³/mol. The van der Waals surface area contributed by atoms with Crippen LogP contribution in [0.5, 0.6) is 0 Å². The van der Waals surface area contributed by atoms with Crippen LogP contribution in [0.15, 0.2) is 24.3 Å². The summed E-state index contributed by atoms with van der Waals surface area (Å²) in [5, 5.41) is 9.08. The van der Waals surface area contributed by atoms with Gasteiger partial charge in [-0.2, -0.15) is 0 Å². The summed E-state index contributed by atoms with van der Waals surface area (Å²) < 4.78 is 5.39. The molecule has 3 nitrogen and oxygen atoms in total. The second-order valence-corrected chi connectivity index (χ2v) is 4.24. The number of hydrogen-bond acceptors (Lipinski definition) is 2. The Hall–Kier alpha value is -1.35. The molecule has 0 aliphatic carbocycles. The molecule has 0 aliphatic rings. The molecule has 0 amide bonds. The standard InChI is InChI=1S/C14H20O3/c1-3-4-8-17-13(14(15)16)10-12-7-5-6-11(2)9-12/h5-7,9,13H,3-4,8,10H2,1-2H3,(H,15,16)/t13-/m1/s1. The molecule has 1 N–H and O–H groups in total. The van der Waals surface area contributed by atoms with Gasteiger partial charge in [-0.1, -0.05) is 43.2 Å². The van der Waals surface area contributed by atoms with E-state index in [1.807, 2.05) is 31.2 Å². The first-order chi connectivity index (χ1) is 8.13. The maximum absolute atomic E-state index is 11.1. The van der Waals surface area contributed by atoms with Crippen molar-refractivity contribution in [3.63, 3.8) is 0 Å². The average Bonchev–Trinajstić information content (AvgIpc) is 2.28. The minimum Gasteiger partial charge on any atom is -0.479 e. The zero-order chi connectivity index (χ0) is 12.7. The van der Waals surface area contributed by atoms with Crippen LogP contribution in [0.2, 0.25) is 0 Å². The Morgan fingerprint density at radius 2 is 2.24 bits per heavy atom. The van der Waals surface area contributed by atoms with Crippen molar-refractivity contribution in [2.45, 2.75) is 39.2 Å². The van der Waals surface area contributed by atoms with E-state index in [0.29, 0.717) is 13.0 Å². The van der Waals surface area contributed by atoms with Gasteiger partial charge in [0.05, 0.1) is 0 Å². The van der Waals surface area contributed by atoms with Gasteiger partial charge in [-0.25, -0.2) is 4.79 Å². The Morgan fingerprint density at radius 1 is 1.47 bits per heavy atom. The Morgan fingerprint density at radius 3 is 2.82 bits per heavy atom. The molecule has 3 heteroatoms. The zero-order valence-corrected chi connectivity index (χ0v) is 10.5. The maximum Gasteiger partial charge on any atom is 0.333 e. The minimum atomic E-state index is -0.886. The molecule has 0 radical (unpaired) electrons. The van der Waals surface area contributed by atoms with Crippen LogP contribution < -0.4 is 0 Å². The molecular formula is C14H20O3. The first-order valence-electron chi connectivity index (χ1n) is 6.03. The third-order valence-corrected chi connectivity index (χ3v) is 2.60. The largest absolute Gasteiger partial charge is 0.479 e. The number of ether oxygens (including phenoxy) is 1. The smallest absolute Gasteiger partial charge is 0.333 e. The summed E-state index contributed by atoms with van der Waals surface area (Å²) in [6.07, 6.45) is 1.61. The molecular weight excluding hydrogens is 216 g/mol. The summed E-state index contributed by atoms with van der Waals surface area (Å²) in [5.41, 5.74) is 2.15. The van der Waals surface area contributed by atoms with Crippen molar-refractivity contribution in [3.05, 3.63) is 35.4 Å². The Bertz CT molecular complexity index is 360. The summed E-state index contributed by atoms with van der Waals surface area (Å²) in [7, 11) is 0.